The summed E-state index contributed by atoms with van der Waals surface area (Å²) >= 11 is 0. The molecule has 5 aliphatic carbocycles. The van der Waals surface area contributed by atoms with Crippen LogP contribution < -0.4 is 0 Å². The van der Waals surface area contributed by atoms with Crippen molar-refractivity contribution in [1.29, 1.82) is 0 Å². The van der Waals surface area contributed by atoms with Crippen LogP contribution >= 0.6 is 0 Å². The first-order valence-corrected chi connectivity index (χ1v) is 23.8. The number of hydrogen-bond donors (Lipinski definition) is 11. The molecule has 3 aliphatic heterocycles. The van der Waals surface area contributed by atoms with Crippen LogP contribution in [0.5, 0.6) is 0 Å². The van der Waals surface area contributed by atoms with E-state index in [4.69, 9.17) is 28.4 Å². The zero-order valence-electron chi connectivity index (χ0n) is 38.8. The van der Waals surface area contributed by atoms with Crippen LogP contribution in [-0.2, 0) is 33.2 Å². The predicted molar refractivity (Wildman–Crippen MR) is 226 cm³/mol. The van der Waals surface area contributed by atoms with Gasteiger partial charge in [0.2, 0.25) is 6.29 Å². The highest BCUT2D eigenvalue weighted by Crippen LogP contribution is 2.76. The van der Waals surface area contributed by atoms with Crippen molar-refractivity contribution in [2.45, 2.75) is 204 Å². The highest BCUT2D eigenvalue weighted by Gasteiger charge is 2.71. The number of esters is 1. The fraction of sp³-hybridized carbons (Fsp3) is 0.936. The monoisotopic (exact) mass is 929 g/mol. The zero-order valence-corrected chi connectivity index (χ0v) is 38.8. The lowest BCUT2D eigenvalue weighted by Crippen LogP contribution is -2.67. The molecule has 0 aromatic rings. The van der Waals surface area contributed by atoms with Gasteiger partial charge in [0.1, 0.15) is 67.1 Å². The van der Waals surface area contributed by atoms with E-state index in [2.05, 4.69) is 40.7 Å². The fourth-order valence-electron chi connectivity index (χ4n) is 14.8. The van der Waals surface area contributed by atoms with Gasteiger partial charge in [-0.1, -0.05) is 60.1 Å². The summed E-state index contributed by atoms with van der Waals surface area (Å²) in [6, 6.07) is 0. The molecule has 65 heavy (non-hydrogen) atoms. The minimum Gasteiger partial charge on any atom is -0.432 e. The number of carbonyl (C=O) groups excluding carboxylic acids is 1. The van der Waals surface area contributed by atoms with Gasteiger partial charge in [-0.2, -0.15) is 0 Å². The Balaban J connectivity index is 1.02. The Bertz CT molecular complexity index is 1770. The summed E-state index contributed by atoms with van der Waals surface area (Å²) < 4.78 is 35.4. The summed E-state index contributed by atoms with van der Waals surface area (Å²) in [5.74, 6) is -0.845. The average Bonchev–Trinajstić information content (AvgIpc) is 3.25. The van der Waals surface area contributed by atoms with Crippen molar-refractivity contribution in [3.63, 3.8) is 0 Å². The summed E-state index contributed by atoms with van der Waals surface area (Å²) in [7, 11) is 0. The summed E-state index contributed by atoms with van der Waals surface area (Å²) in [6.07, 6.45) is -14.3. The van der Waals surface area contributed by atoms with Crippen LogP contribution in [0.2, 0.25) is 0 Å². The molecule has 0 aromatic carbocycles. The van der Waals surface area contributed by atoms with E-state index in [0.717, 1.165) is 31.3 Å². The maximum Gasteiger partial charge on any atom is 0.315 e. The van der Waals surface area contributed by atoms with Gasteiger partial charge in [-0.25, -0.2) is 0 Å². The summed E-state index contributed by atoms with van der Waals surface area (Å²) in [5, 5.41) is 117. The molecule has 0 spiro atoms. The van der Waals surface area contributed by atoms with Crippen LogP contribution in [0.1, 0.15) is 106 Å². The fourth-order valence-corrected chi connectivity index (χ4v) is 14.8. The summed E-state index contributed by atoms with van der Waals surface area (Å²) in [4.78, 5) is 14.7. The van der Waals surface area contributed by atoms with Gasteiger partial charge in [0, 0.05) is 5.92 Å². The first kappa shape index (κ1) is 50.0. The largest absolute Gasteiger partial charge is 0.432 e. The minimum atomic E-state index is -1.75. The molecule has 0 amide bonds. The number of hydrogen-bond acceptors (Lipinski definition) is 18. The van der Waals surface area contributed by atoms with E-state index < -0.39 is 139 Å². The van der Waals surface area contributed by atoms with Crippen molar-refractivity contribution < 1.29 is 89.4 Å². The standard InChI is InChI=1S/C47H76O18/c1-42(2)14-16-47(41(59)65-40-34(56)32(54)30(52)24(19-49)62-40)17-15-45(6)21(28(47)37(42)58)8-9-26-44(5)12-11-27(43(3,4)25(44)10-13-46(26,45)7)63-38-35(57)36(22(50)20-60-38)64-39-33(55)31(53)29(51)23(18-48)61-39/h8,22-40,48-58H,9-20H2,1-7H3/t22-,23+,24+,25?,26+,27-,28?,29+,30+,31-,32-,33+,34+,35+,36-,37-,38+,39-,40-,44-,45+,46+,47-/m0/s1. The van der Waals surface area contributed by atoms with E-state index in [1.165, 1.54) is 0 Å². The molecule has 8 rings (SSSR count). The number of carbonyl (C=O) groups is 1. The predicted octanol–water partition coefficient (Wildman–Crippen LogP) is -0.250. The molecule has 7 fully saturated rings. The van der Waals surface area contributed by atoms with E-state index in [1.54, 1.807) is 0 Å². The lowest BCUT2D eigenvalue weighted by molar-refractivity contribution is -0.357. The molecule has 3 heterocycles. The van der Waals surface area contributed by atoms with Crippen molar-refractivity contribution in [1.82, 2.24) is 0 Å². The van der Waals surface area contributed by atoms with E-state index in [1.807, 2.05) is 13.8 Å². The molecule has 0 radical (unpaired) electrons. The van der Waals surface area contributed by atoms with E-state index >= 15 is 0 Å². The van der Waals surface area contributed by atoms with Crippen molar-refractivity contribution >= 4 is 5.97 Å². The van der Waals surface area contributed by atoms with E-state index in [0.29, 0.717) is 32.1 Å². The van der Waals surface area contributed by atoms with Gasteiger partial charge < -0.3 is 84.6 Å². The second-order valence-electron chi connectivity index (χ2n) is 23.0. The second kappa shape index (κ2) is 17.5. The number of ether oxygens (including phenoxy) is 6. The van der Waals surface area contributed by atoms with E-state index in [9.17, 15) is 61.0 Å². The molecule has 372 valence electrons. The van der Waals surface area contributed by atoms with Gasteiger partial charge in [-0.15, -0.1) is 0 Å². The van der Waals surface area contributed by atoms with Crippen LogP contribution in [0.25, 0.3) is 0 Å². The van der Waals surface area contributed by atoms with Gasteiger partial charge in [-0.3, -0.25) is 4.79 Å². The van der Waals surface area contributed by atoms with Gasteiger partial charge in [0.05, 0.1) is 37.4 Å². The Kier molecular flexibility index (Phi) is 13.4. The zero-order chi connectivity index (χ0) is 47.6. The summed E-state index contributed by atoms with van der Waals surface area (Å²) in [5.41, 5.74) is -1.87. The third-order valence-electron chi connectivity index (χ3n) is 19.1. The Morgan fingerprint density at radius 1 is 0.662 bits per heavy atom. The second-order valence-corrected chi connectivity index (χ2v) is 23.0. The lowest BCUT2D eigenvalue weighted by Gasteiger charge is -2.71. The third-order valence-corrected chi connectivity index (χ3v) is 19.1. The van der Waals surface area contributed by atoms with Crippen LogP contribution in [-0.4, -0.2) is 180 Å². The SMILES string of the molecule is CC1(C)CC[C@]2(C(=O)O[C@@H]3O[C@H](CO)[C@@H](O)[C@H](O)[C@H]3O)CC[C@]3(C)C(=CC[C@@H]4[C@@]5(C)CC[C@H](O[C@H]6OC[C@H](O)[C@H](O[C@@H]7O[C@H](CO)[C@@H](O)[C@H](O)[C@H]7O)[C@H]6O)C(C)(C)C5CC[C@]43C)C2[C@@H]1O. The Labute approximate surface area is 380 Å². The number of allylic oxidation sites excluding steroid dienone is 1. The smallest absolute Gasteiger partial charge is 0.315 e. The van der Waals surface area contributed by atoms with E-state index in [-0.39, 0.29) is 35.4 Å². The van der Waals surface area contributed by atoms with Gasteiger partial charge in [0.25, 0.3) is 0 Å². The Morgan fingerprint density at radius 2 is 1.26 bits per heavy atom. The van der Waals surface area contributed by atoms with Gasteiger partial charge in [-0.05, 0) is 96.7 Å². The highest BCUT2D eigenvalue weighted by molar-refractivity contribution is 5.79. The minimum absolute atomic E-state index is 0.167. The number of aliphatic hydroxyl groups is 11. The maximum absolute atomic E-state index is 14.7. The quantitative estimate of drug-likeness (QED) is 0.0850. The van der Waals surface area contributed by atoms with Crippen LogP contribution in [0.15, 0.2) is 11.6 Å². The lowest BCUT2D eigenvalue weighted by atomic mass is 9.33. The molecule has 18 nitrogen and oxygen atoms in total. The van der Waals surface area contributed by atoms with Crippen LogP contribution in [0.4, 0.5) is 0 Å². The summed E-state index contributed by atoms with van der Waals surface area (Å²) in [6.45, 7) is 13.9. The molecule has 3 saturated heterocycles. The molecule has 8 aliphatic rings. The molecule has 11 N–H and O–H groups in total. The molecule has 0 aromatic heterocycles. The molecule has 23 atom stereocenters. The molecular formula is C47H76O18. The third kappa shape index (κ3) is 7.62. The Hall–Kier alpha value is -1.43. The molecule has 0 bridgehead atoms. The molecular weight excluding hydrogens is 852 g/mol. The highest BCUT2D eigenvalue weighted by atomic mass is 16.7. The molecule has 4 saturated carbocycles. The first-order chi connectivity index (χ1) is 30.3. The first-order valence-electron chi connectivity index (χ1n) is 23.8. The molecule has 2 unspecified atom stereocenters. The van der Waals surface area contributed by atoms with Crippen molar-refractivity contribution in [3.8, 4) is 0 Å². The number of aliphatic hydroxyl groups excluding tert-OH is 11. The topological polar surface area (TPSA) is 295 Å². The average molecular weight is 929 g/mol. The number of rotatable bonds is 8. The Morgan fingerprint density at radius 3 is 1.89 bits per heavy atom. The van der Waals surface area contributed by atoms with Crippen molar-refractivity contribution in [2.75, 3.05) is 19.8 Å². The molecule has 18 heteroatoms. The maximum atomic E-state index is 14.7. The van der Waals surface area contributed by atoms with Crippen molar-refractivity contribution in [3.05, 3.63) is 11.6 Å². The normalized spacial score (nSPS) is 53.9. The van der Waals surface area contributed by atoms with Crippen molar-refractivity contribution in [2.24, 2.45) is 50.2 Å². The number of fused-ring (bicyclic) bond motifs is 7. The van der Waals surface area contributed by atoms with Crippen LogP contribution in [0.3, 0.4) is 0 Å². The van der Waals surface area contributed by atoms with Crippen LogP contribution in [0, 0.1) is 50.2 Å². The van der Waals surface area contributed by atoms with Gasteiger partial charge in [0.15, 0.2) is 12.6 Å². The van der Waals surface area contributed by atoms with Gasteiger partial charge >= 0.3 is 5.97 Å².